The van der Waals surface area contributed by atoms with Crippen LogP contribution in [0.1, 0.15) is 6.92 Å². The van der Waals surface area contributed by atoms with Gasteiger partial charge in [0.1, 0.15) is 31.0 Å². The maximum atomic E-state index is 11.7. The molecule has 8 heteroatoms. The van der Waals surface area contributed by atoms with Crippen LogP contribution in [0.15, 0.2) is 12.7 Å². The molecule has 0 radical (unpaired) electrons. The molecule has 0 aromatic carbocycles. The molecule has 7 atom stereocenters. The molecule has 2 saturated heterocycles. The maximum Gasteiger partial charge on any atom is 0.336 e. The number of hydrogen-bond donors (Lipinski definition) is 4. The highest BCUT2D eigenvalue weighted by Gasteiger charge is 2.51. The predicted octanol–water partition coefficient (Wildman–Crippen LogP) is -2.08. The molecule has 0 bridgehead atoms. The second-order valence-corrected chi connectivity index (χ2v) is 5.53. The van der Waals surface area contributed by atoms with Gasteiger partial charge in [-0.05, 0) is 6.92 Å². The van der Waals surface area contributed by atoms with Crippen LogP contribution in [0, 0.1) is 5.41 Å². The molecule has 0 spiro atoms. The largest absolute Gasteiger partial charge is 0.463 e. The lowest BCUT2D eigenvalue weighted by atomic mass is 9.87. The van der Waals surface area contributed by atoms with E-state index in [1.165, 1.54) is 6.08 Å². The monoisotopic (exact) mass is 304 g/mol. The number of aliphatic hydroxyl groups is 4. The standard InChI is InChI=1S/C13H20O8/c1-3-13(2)5-19-11(18)10(13)21-12-9(17)8(16)7(15)6(4-14)20-12/h3,6-10,12,14-17H,1,4-5H2,2H3/t6-,7+,8-,9-,10+,12-,13-/m0/s1. The first-order chi connectivity index (χ1) is 9.84. The first kappa shape index (κ1) is 16.3. The molecule has 0 aromatic heterocycles. The van der Waals surface area contributed by atoms with Gasteiger partial charge in [-0.2, -0.15) is 0 Å². The molecule has 0 amide bonds. The Balaban J connectivity index is 2.14. The maximum absolute atomic E-state index is 11.7. The van der Waals surface area contributed by atoms with E-state index in [4.69, 9.17) is 19.3 Å². The normalized spacial score (nSPS) is 47.2. The SMILES string of the molecule is C=C[C@@]1(C)COC(=O)[C@H]1O[C@@H]1O[C@@H](CO)[C@@H](O)[C@H](O)[C@@H]1O. The first-order valence-electron chi connectivity index (χ1n) is 6.60. The molecule has 4 N–H and O–H groups in total. The zero-order valence-electron chi connectivity index (χ0n) is 11.6. The molecule has 0 unspecified atom stereocenters. The van der Waals surface area contributed by atoms with Crippen LogP contribution >= 0.6 is 0 Å². The first-order valence-corrected chi connectivity index (χ1v) is 6.60. The van der Waals surface area contributed by atoms with Crippen LogP contribution in [0.4, 0.5) is 0 Å². The number of carbonyl (C=O) groups is 1. The van der Waals surface area contributed by atoms with E-state index in [-0.39, 0.29) is 6.61 Å². The molecule has 2 aliphatic heterocycles. The zero-order valence-corrected chi connectivity index (χ0v) is 11.6. The van der Waals surface area contributed by atoms with Crippen molar-refractivity contribution in [2.45, 2.75) is 43.7 Å². The zero-order chi connectivity index (χ0) is 15.8. The number of hydrogen-bond acceptors (Lipinski definition) is 8. The minimum absolute atomic E-state index is 0.0808. The van der Waals surface area contributed by atoms with Crippen LogP contribution in [0.2, 0.25) is 0 Å². The third kappa shape index (κ3) is 2.83. The minimum atomic E-state index is -1.56. The van der Waals surface area contributed by atoms with Crippen molar-refractivity contribution in [1.82, 2.24) is 0 Å². The van der Waals surface area contributed by atoms with Crippen LogP contribution in [0.5, 0.6) is 0 Å². The summed E-state index contributed by atoms with van der Waals surface area (Å²) in [6.45, 7) is 4.83. The molecule has 0 saturated carbocycles. The van der Waals surface area contributed by atoms with Crippen molar-refractivity contribution >= 4 is 5.97 Å². The number of cyclic esters (lactones) is 1. The number of rotatable bonds is 4. The van der Waals surface area contributed by atoms with Gasteiger partial charge in [-0.3, -0.25) is 0 Å². The van der Waals surface area contributed by atoms with Gasteiger partial charge in [-0.15, -0.1) is 6.58 Å². The summed E-state index contributed by atoms with van der Waals surface area (Å²) in [6, 6.07) is 0. The molecular weight excluding hydrogens is 284 g/mol. The fourth-order valence-electron chi connectivity index (χ4n) is 2.34. The quantitative estimate of drug-likeness (QED) is 0.344. The van der Waals surface area contributed by atoms with Crippen molar-refractivity contribution in [3.63, 3.8) is 0 Å². The third-order valence-electron chi connectivity index (χ3n) is 3.92. The van der Waals surface area contributed by atoms with Gasteiger partial charge in [0.05, 0.1) is 12.0 Å². The van der Waals surface area contributed by atoms with E-state index in [1.807, 2.05) is 0 Å². The summed E-state index contributed by atoms with van der Waals surface area (Å²) < 4.78 is 15.6. The van der Waals surface area contributed by atoms with Gasteiger partial charge in [0.25, 0.3) is 0 Å². The summed E-state index contributed by atoms with van der Waals surface area (Å²) in [4.78, 5) is 11.7. The molecule has 2 rings (SSSR count). The van der Waals surface area contributed by atoms with Crippen LogP contribution in [-0.2, 0) is 19.0 Å². The highest BCUT2D eigenvalue weighted by Crippen LogP contribution is 2.35. The van der Waals surface area contributed by atoms with Crippen molar-refractivity contribution in [3.8, 4) is 0 Å². The molecule has 2 heterocycles. The highest BCUT2D eigenvalue weighted by molar-refractivity contribution is 5.78. The van der Waals surface area contributed by atoms with Crippen LogP contribution in [0.25, 0.3) is 0 Å². The van der Waals surface area contributed by atoms with Gasteiger partial charge < -0.3 is 34.6 Å². The predicted molar refractivity (Wildman–Crippen MR) is 67.9 cm³/mol. The van der Waals surface area contributed by atoms with Gasteiger partial charge in [-0.25, -0.2) is 4.79 Å². The number of esters is 1. The van der Waals surface area contributed by atoms with E-state index in [0.717, 1.165) is 0 Å². The summed E-state index contributed by atoms with van der Waals surface area (Å²) in [5.41, 5.74) is -0.796. The Morgan fingerprint density at radius 1 is 1.38 bits per heavy atom. The van der Waals surface area contributed by atoms with Gasteiger partial charge in [0.15, 0.2) is 12.4 Å². The molecule has 21 heavy (non-hydrogen) atoms. The average molecular weight is 304 g/mol. The summed E-state index contributed by atoms with van der Waals surface area (Å²) >= 11 is 0. The lowest BCUT2D eigenvalue weighted by Gasteiger charge is -2.41. The molecule has 2 aliphatic rings. The average Bonchev–Trinajstić information content (AvgIpc) is 2.76. The molecule has 0 aromatic rings. The molecule has 8 nitrogen and oxygen atoms in total. The van der Waals surface area contributed by atoms with Crippen molar-refractivity contribution in [1.29, 1.82) is 0 Å². The highest BCUT2D eigenvalue weighted by atomic mass is 16.7. The van der Waals surface area contributed by atoms with Crippen LogP contribution in [0.3, 0.4) is 0 Å². The Bertz CT molecular complexity index is 411. The molecule has 0 aliphatic carbocycles. The Hall–Kier alpha value is -1.03. The summed E-state index contributed by atoms with van der Waals surface area (Å²) in [7, 11) is 0. The fraction of sp³-hybridized carbons (Fsp3) is 0.769. The lowest BCUT2D eigenvalue weighted by Crippen LogP contribution is -2.60. The van der Waals surface area contributed by atoms with E-state index in [9.17, 15) is 20.1 Å². The van der Waals surface area contributed by atoms with Crippen molar-refractivity contribution in [3.05, 3.63) is 12.7 Å². The summed E-state index contributed by atoms with van der Waals surface area (Å²) in [5, 5.41) is 38.4. The summed E-state index contributed by atoms with van der Waals surface area (Å²) in [5.74, 6) is -0.630. The Labute approximate surface area is 121 Å². The second kappa shape index (κ2) is 5.99. The second-order valence-electron chi connectivity index (χ2n) is 5.53. The van der Waals surface area contributed by atoms with Gasteiger partial charge in [0.2, 0.25) is 0 Å². The van der Waals surface area contributed by atoms with Crippen molar-refractivity contribution < 1.29 is 39.4 Å². The minimum Gasteiger partial charge on any atom is -0.463 e. The smallest absolute Gasteiger partial charge is 0.336 e. The third-order valence-corrected chi connectivity index (χ3v) is 3.92. The Morgan fingerprint density at radius 2 is 2.05 bits per heavy atom. The van der Waals surface area contributed by atoms with E-state index >= 15 is 0 Å². The van der Waals surface area contributed by atoms with Crippen LogP contribution < -0.4 is 0 Å². The van der Waals surface area contributed by atoms with E-state index in [1.54, 1.807) is 6.92 Å². The van der Waals surface area contributed by atoms with Crippen LogP contribution in [-0.4, -0.2) is 76.4 Å². The van der Waals surface area contributed by atoms with Gasteiger partial charge >= 0.3 is 5.97 Å². The van der Waals surface area contributed by atoms with Crippen molar-refractivity contribution in [2.75, 3.05) is 13.2 Å². The molecule has 2 fully saturated rings. The molecule has 120 valence electrons. The number of carbonyl (C=O) groups excluding carboxylic acids is 1. The van der Waals surface area contributed by atoms with Gasteiger partial charge in [-0.1, -0.05) is 6.08 Å². The van der Waals surface area contributed by atoms with E-state index in [0.29, 0.717) is 0 Å². The Kier molecular flexibility index (Phi) is 4.66. The fourth-order valence-corrected chi connectivity index (χ4v) is 2.34. The lowest BCUT2D eigenvalue weighted by molar-refractivity contribution is -0.312. The molecular formula is C13H20O8. The number of aliphatic hydroxyl groups excluding tert-OH is 4. The van der Waals surface area contributed by atoms with E-state index in [2.05, 4.69) is 6.58 Å². The van der Waals surface area contributed by atoms with E-state index < -0.39 is 54.8 Å². The van der Waals surface area contributed by atoms with Crippen molar-refractivity contribution in [2.24, 2.45) is 5.41 Å². The topological polar surface area (TPSA) is 126 Å². The number of ether oxygens (including phenoxy) is 3. The summed E-state index contributed by atoms with van der Waals surface area (Å²) in [6.07, 6.45) is -6.63. The Morgan fingerprint density at radius 3 is 2.62 bits per heavy atom. The van der Waals surface area contributed by atoms with Gasteiger partial charge in [0, 0.05) is 0 Å².